The topological polar surface area (TPSA) is 76.0 Å². The monoisotopic (exact) mass is 194 g/mol. The van der Waals surface area contributed by atoms with Crippen molar-refractivity contribution in [1.29, 1.82) is 0 Å². The smallest absolute Gasteiger partial charge is 0.330 e. The van der Waals surface area contributed by atoms with Gasteiger partial charge in [-0.05, 0) is 0 Å². The first kappa shape index (κ1) is 11.5. The first-order chi connectivity index (χ1) is 5.66. The molecule has 12 heavy (non-hydrogen) atoms. The number of esters is 1. The molecule has 0 rings (SSSR count). The average Bonchev–Trinajstić information content (AvgIpc) is 2.03. The van der Waals surface area contributed by atoms with E-state index in [0.717, 1.165) is 6.08 Å². The minimum atomic E-state index is -2.30. The first-order valence-electron chi connectivity index (χ1n) is 3.27. The summed E-state index contributed by atoms with van der Waals surface area (Å²) in [5, 5.41) is 0. The van der Waals surface area contributed by atoms with Gasteiger partial charge in [-0.2, -0.15) is 0 Å². The van der Waals surface area contributed by atoms with Gasteiger partial charge < -0.3 is 19.0 Å². The van der Waals surface area contributed by atoms with Gasteiger partial charge in [-0.25, -0.2) is 4.79 Å². The Kier molecular flexibility index (Phi) is 6.90. The summed E-state index contributed by atoms with van der Waals surface area (Å²) >= 11 is 0. The SMILES string of the molecule is C=CC(=O)OCCCOP(O)O. The van der Waals surface area contributed by atoms with Crippen LogP contribution in [0.15, 0.2) is 12.7 Å². The van der Waals surface area contributed by atoms with E-state index < -0.39 is 14.6 Å². The van der Waals surface area contributed by atoms with Crippen molar-refractivity contribution in [1.82, 2.24) is 0 Å². The summed E-state index contributed by atoms with van der Waals surface area (Å²) in [5.41, 5.74) is 0. The minimum Gasteiger partial charge on any atom is -0.462 e. The second-order valence-electron chi connectivity index (χ2n) is 1.81. The lowest BCUT2D eigenvalue weighted by Gasteiger charge is -2.03. The Bertz CT molecular complexity index is 147. The van der Waals surface area contributed by atoms with Crippen molar-refractivity contribution < 1.29 is 23.8 Å². The Morgan fingerprint density at radius 3 is 2.67 bits per heavy atom. The molecular weight excluding hydrogens is 183 g/mol. The van der Waals surface area contributed by atoms with E-state index in [9.17, 15) is 4.79 Å². The quantitative estimate of drug-likeness (QED) is 0.276. The van der Waals surface area contributed by atoms with Crippen LogP contribution < -0.4 is 0 Å². The highest BCUT2D eigenvalue weighted by atomic mass is 31.2. The third-order valence-corrected chi connectivity index (χ3v) is 1.32. The normalized spacial score (nSPS) is 9.92. The molecule has 0 aromatic carbocycles. The second kappa shape index (κ2) is 7.18. The molecule has 0 unspecified atom stereocenters. The third-order valence-electron chi connectivity index (χ3n) is 0.906. The zero-order valence-corrected chi connectivity index (χ0v) is 7.37. The maximum atomic E-state index is 10.4. The molecule has 0 aromatic rings. The van der Waals surface area contributed by atoms with Crippen molar-refractivity contribution >= 4 is 14.6 Å². The molecule has 0 spiro atoms. The summed E-state index contributed by atoms with van der Waals surface area (Å²) in [4.78, 5) is 27.0. The van der Waals surface area contributed by atoms with Crippen LogP contribution in [-0.2, 0) is 14.1 Å². The van der Waals surface area contributed by atoms with Gasteiger partial charge in [-0.15, -0.1) is 0 Å². The number of hydrogen-bond donors (Lipinski definition) is 2. The van der Waals surface area contributed by atoms with E-state index in [-0.39, 0.29) is 13.2 Å². The standard InChI is InChI=1S/C6H11O5P/c1-2-6(7)10-4-3-5-11-12(8)9/h2,8-9H,1,3-5H2. The predicted molar refractivity (Wildman–Crippen MR) is 43.1 cm³/mol. The summed E-state index contributed by atoms with van der Waals surface area (Å²) < 4.78 is 9.00. The fourth-order valence-corrected chi connectivity index (χ4v) is 0.729. The van der Waals surface area contributed by atoms with Gasteiger partial charge in [0.1, 0.15) is 0 Å². The van der Waals surface area contributed by atoms with E-state index in [1.807, 2.05) is 0 Å². The summed E-state index contributed by atoms with van der Waals surface area (Å²) in [7, 11) is -2.30. The molecule has 0 aliphatic rings. The van der Waals surface area contributed by atoms with Gasteiger partial charge in [-0.1, -0.05) is 6.58 Å². The van der Waals surface area contributed by atoms with Gasteiger partial charge in [0.2, 0.25) is 0 Å². The highest BCUT2D eigenvalue weighted by molar-refractivity contribution is 7.39. The van der Waals surface area contributed by atoms with Gasteiger partial charge >= 0.3 is 14.6 Å². The summed E-state index contributed by atoms with van der Waals surface area (Å²) in [6.07, 6.45) is 1.49. The van der Waals surface area contributed by atoms with Crippen molar-refractivity contribution in [3.05, 3.63) is 12.7 Å². The van der Waals surface area contributed by atoms with Crippen molar-refractivity contribution in [3.8, 4) is 0 Å². The molecule has 0 amide bonds. The molecule has 0 saturated carbocycles. The Morgan fingerprint density at radius 1 is 1.50 bits per heavy atom. The highest BCUT2D eigenvalue weighted by Crippen LogP contribution is 2.23. The number of carbonyl (C=O) groups excluding carboxylic acids is 1. The van der Waals surface area contributed by atoms with E-state index in [4.69, 9.17) is 9.79 Å². The predicted octanol–water partition coefficient (Wildman–Crippen LogP) is 0.334. The molecule has 6 heteroatoms. The lowest BCUT2D eigenvalue weighted by molar-refractivity contribution is -0.137. The Balaban J connectivity index is 3.11. The molecule has 0 radical (unpaired) electrons. The molecule has 0 atom stereocenters. The summed E-state index contributed by atoms with van der Waals surface area (Å²) in [6.45, 7) is 3.55. The fourth-order valence-electron chi connectivity index (χ4n) is 0.437. The van der Waals surface area contributed by atoms with Gasteiger partial charge in [-0.3, -0.25) is 0 Å². The van der Waals surface area contributed by atoms with Gasteiger partial charge in [0.05, 0.1) is 13.2 Å². The molecule has 0 bridgehead atoms. The van der Waals surface area contributed by atoms with Crippen LogP contribution in [0.5, 0.6) is 0 Å². The van der Waals surface area contributed by atoms with Crippen LogP contribution in [0, 0.1) is 0 Å². The van der Waals surface area contributed by atoms with Crippen LogP contribution >= 0.6 is 8.60 Å². The zero-order valence-electron chi connectivity index (χ0n) is 6.47. The van der Waals surface area contributed by atoms with Crippen molar-refractivity contribution in [2.24, 2.45) is 0 Å². The highest BCUT2D eigenvalue weighted by Gasteiger charge is 1.99. The van der Waals surface area contributed by atoms with Gasteiger partial charge in [0.15, 0.2) is 0 Å². The lowest BCUT2D eigenvalue weighted by atomic mass is 10.5. The zero-order chi connectivity index (χ0) is 9.40. The van der Waals surface area contributed by atoms with Crippen LogP contribution in [0.25, 0.3) is 0 Å². The van der Waals surface area contributed by atoms with E-state index in [1.165, 1.54) is 0 Å². The van der Waals surface area contributed by atoms with E-state index in [0.29, 0.717) is 6.42 Å². The number of ether oxygens (including phenoxy) is 1. The van der Waals surface area contributed by atoms with Crippen LogP contribution in [0.2, 0.25) is 0 Å². The second-order valence-corrected chi connectivity index (χ2v) is 2.57. The van der Waals surface area contributed by atoms with Crippen LogP contribution in [-0.4, -0.2) is 29.0 Å². The summed E-state index contributed by atoms with van der Waals surface area (Å²) in [5.74, 6) is -0.495. The third kappa shape index (κ3) is 7.63. The first-order valence-corrected chi connectivity index (χ1v) is 4.43. The molecule has 0 heterocycles. The molecule has 0 aliphatic carbocycles. The summed E-state index contributed by atoms with van der Waals surface area (Å²) in [6, 6.07) is 0. The molecule has 0 aromatic heterocycles. The fraction of sp³-hybridized carbons (Fsp3) is 0.500. The minimum absolute atomic E-state index is 0.156. The maximum Gasteiger partial charge on any atom is 0.330 e. The molecule has 70 valence electrons. The number of hydrogen-bond acceptors (Lipinski definition) is 5. The van der Waals surface area contributed by atoms with E-state index in [1.54, 1.807) is 0 Å². The van der Waals surface area contributed by atoms with Crippen LogP contribution in [0.1, 0.15) is 6.42 Å². The van der Waals surface area contributed by atoms with Crippen LogP contribution in [0.3, 0.4) is 0 Å². The largest absolute Gasteiger partial charge is 0.462 e. The van der Waals surface area contributed by atoms with Crippen LogP contribution in [0.4, 0.5) is 0 Å². The van der Waals surface area contributed by atoms with Gasteiger partial charge in [0, 0.05) is 12.5 Å². The molecule has 0 saturated heterocycles. The lowest BCUT2D eigenvalue weighted by Crippen LogP contribution is -2.03. The van der Waals surface area contributed by atoms with E-state index >= 15 is 0 Å². The molecule has 0 fully saturated rings. The maximum absolute atomic E-state index is 10.4. The van der Waals surface area contributed by atoms with E-state index in [2.05, 4.69) is 15.8 Å². The van der Waals surface area contributed by atoms with Crippen molar-refractivity contribution in [3.63, 3.8) is 0 Å². The average molecular weight is 194 g/mol. The number of rotatable bonds is 6. The van der Waals surface area contributed by atoms with Crippen molar-refractivity contribution in [2.75, 3.05) is 13.2 Å². The Morgan fingerprint density at radius 2 is 2.17 bits per heavy atom. The molecule has 0 aliphatic heterocycles. The molecule has 2 N–H and O–H groups in total. The Labute approximate surface area is 71.6 Å². The molecule has 5 nitrogen and oxygen atoms in total. The Hall–Kier alpha value is -0.480. The number of carbonyl (C=O) groups is 1. The molecular formula is C6H11O5P. The van der Waals surface area contributed by atoms with Crippen molar-refractivity contribution in [2.45, 2.75) is 6.42 Å². The van der Waals surface area contributed by atoms with Gasteiger partial charge in [0.25, 0.3) is 0 Å².